The van der Waals surface area contributed by atoms with E-state index in [2.05, 4.69) is 5.32 Å². The number of anilines is 1. The fraction of sp³-hybridized carbons (Fsp3) is 0.429. The largest absolute Gasteiger partial charge is 0.375 e. The lowest BCUT2D eigenvalue weighted by Crippen LogP contribution is -2.42. The van der Waals surface area contributed by atoms with Gasteiger partial charge in [-0.2, -0.15) is 0 Å². The van der Waals surface area contributed by atoms with Crippen molar-refractivity contribution in [2.45, 2.75) is 38.0 Å². The summed E-state index contributed by atoms with van der Waals surface area (Å²) in [6.45, 7) is 0.889. The van der Waals surface area contributed by atoms with Crippen LogP contribution in [0.2, 0.25) is 0 Å². The standard InChI is InChI=1S/C28H32N4O4/c1-31-25-22(28(35)32-13-7-12-20(16-32)26(34)18-8-4-3-5-9-18)14-21(29-24(33)17-36-2)15-23(25)30-27(31)19-10-6-11-19/h3-5,8-9,14-15,19-20H,6-7,10-13,16-17H2,1-2H3,(H,29,33). The van der Waals surface area contributed by atoms with Gasteiger partial charge in [0.1, 0.15) is 12.4 Å². The molecule has 36 heavy (non-hydrogen) atoms. The third-order valence-electron chi connectivity index (χ3n) is 7.40. The van der Waals surface area contributed by atoms with E-state index >= 15 is 0 Å². The molecule has 1 unspecified atom stereocenters. The number of nitrogens with zero attached hydrogens (tertiary/aromatic N) is 3. The normalized spacial score (nSPS) is 18.2. The summed E-state index contributed by atoms with van der Waals surface area (Å²) >= 11 is 0. The lowest BCUT2D eigenvalue weighted by molar-refractivity contribution is -0.119. The Labute approximate surface area is 210 Å². The summed E-state index contributed by atoms with van der Waals surface area (Å²) in [5, 5.41) is 2.83. The Morgan fingerprint density at radius 2 is 1.86 bits per heavy atom. The van der Waals surface area contributed by atoms with Crippen molar-refractivity contribution < 1.29 is 19.1 Å². The van der Waals surface area contributed by atoms with Crippen LogP contribution in [0.5, 0.6) is 0 Å². The van der Waals surface area contributed by atoms with Crippen LogP contribution < -0.4 is 5.32 Å². The van der Waals surface area contributed by atoms with Crippen molar-refractivity contribution in [3.63, 3.8) is 0 Å². The second-order valence-electron chi connectivity index (χ2n) is 9.85. The Morgan fingerprint density at radius 3 is 2.56 bits per heavy atom. The lowest BCUT2D eigenvalue weighted by atomic mass is 9.85. The van der Waals surface area contributed by atoms with Crippen LogP contribution in [-0.4, -0.2) is 58.9 Å². The predicted molar refractivity (Wildman–Crippen MR) is 137 cm³/mol. The van der Waals surface area contributed by atoms with E-state index in [0.717, 1.165) is 37.0 Å². The maximum atomic E-state index is 13.9. The third kappa shape index (κ3) is 4.65. The minimum atomic E-state index is -0.295. The van der Waals surface area contributed by atoms with Gasteiger partial charge < -0.3 is 19.5 Å². The number of benzene rings is 2. The monoisotopic (exact) mass is 488 g/mol. The Balaban J connectivity index is 1.48. The first-order valence-corrected chi connectivity index (χ1v) is 12.6. The molecule has 0 spiro atoms. The molecular formula is C28H32N4O4. The van der Waals surface area contributed by atoms with Crippen LogP contribution in [0.4, 0.5) is 5.69 Å². The number of carbonyl (C=O) groups is 3. The van der Waals surface area contributed by atoms with Crippen LogP contribution in [0.1, 0.15) is 64.6 Å². The highest BCUT2D eigenvalue weighted by atomic mass is 16.5. The highest BCUT2D eigenvalue weighted by Crippen LogP contribution is 2.38. The van der Waals surface area contributed by atoms with Crippen LogP contribution in [0, 0.1) is 5.92 Å². The number of Topliss-reactive ketones (excluding diaryl/α,β-unsaturated/α-hetero) is 1. The van der Waals surface area contributed by atoms with Gasteiger partial charge in [-0.05, 0) is 37.8 Å². The molecule has 1 saturated carbocycles. The summed E-state index contributed by atoms with van der Waals surface area (Å²) in [5.41, 5.74) is 3.14. The lowest BCUT2D eigenvalue weighted by Gasteiger charge is -2.32. The van der Waals surface area contributed by atoms with E-state index in [0.29, 0.717) is 41.3 Å². The van der Waals surface area contributed by atoms with Gasteiger partial charge in [-0.3, -0.25) is 14.4 Å². The highest BCUT2D eigenvalue weighted by molar-refractivity contribution is 6.08. The van der Waals surface area contributed by atoms with Gasteiger partial charge in [0.05, 0.1) is 16.6 Å². The number of ether oxygens (including phenoxy) is 1. The zero-order chi connectivity index (χ0) is 25.2. The van der Waals surface area contributed by atoms with Crippen molar-refractivity contribution in [3.05, 3.63) is 59.4 Å². The fourth-order valence-corrected chi connectivity index (χ4v) is 5.35. The molecule has 1 saturated heterocycles. The maximum absolute atomic E-state index is 13.9. The first-order valence-electron chi connectivity index (χ1n) is 12.6. The number of fused-ring (bicyclic) bond motifs is 1. The second kappa shape index (κ2) is 10.2. The summed E-state index contributed by atoms with van der Waals surface area (Å²) in [5.74, 6) is 0.767. The van der Waals surface area contributed by atoms with Crippen molar-refractivity contribution >= 4 is 34.3 Å². The fourth-order valence-electron chi connectivity index (χ4n) is 5.35. The molecule has 2 heterocycles. The van der Waals surface area contributed by atoms with Gasteiger partial charge in [-0.25, -0.2) is 4.98 Å². The maximum Gasteiger partial charge on any atom is 0.256 e. The van der Waals surface area contributed by atoms with Gasteiger partial charge in [0.2, 0.25) is 5.91 Å². The number of amides is 2. The molecule has 1 atom stereocenters. The molecule has 2 aromatic carbocycles. The second-order valence-corrected chi connectivity index (χ2v) is 9.85. The summed E-state index contributed by atoms with van der Waals surface area (Å²) in [6, 6.07) is 12.8. The zero-order valence-electron chi connectivity index (χ0n) is 20.8. The molecule has 1 aromatic heterocycles. The van der Waals surface area contributed by atoms with E-state index in [1.54, 1.807) is 11.0 Å². The topological polar surface area (TPSA) is 93.5 Å². The van der Waals surface area contributed by atoms with Crippen LogP contribution >= 0.6 is 0 Å². The number of rotatable bonds is 7. The molecule has 5 rings (SSSR count). The molecule has 0 bridgehead atoms. The number of nitrogens with one attached hydrogen (secondary N) is 1. The quantitative estimate of drug-likeness (QED) is 0.504. The Kier molecular flexibility index (Phi) is 6.87. The van der Waals surface area contributed by atoms with Crippen molar-refractivity contribution in [2.75, 3.05) is 32.1 Å². The van der Waals surface area contributed by atoms with E-state index in [1.807, 2.05) is 48.0 Å². The van der Waals surface area contributed by atoms with Crippen molar-refractivity contribution in [1.29, 1.82) is 0 Å². The van der Waals surface area contributed by atoms with Gasteiger partial charge in [0, 0.05) is 50.3 Å². The molecule has 2 fully saturated rings. The SMILES string of the molecule is COCC(=O)Nc1cc(C(=O)N2CCCC(C(=O)c3ccccc3)C2)c2c(c1)nc(C1CCC1)n2C. The third-order valence-corrected chi connectivity index (χ3v) is 7.40. The number of carbonyl (C=O) groups excluding carboxylic acids is 3. The smallest absolute Gasteiger partial charge is 0.256 e. The van der Waals surface area contributed by atoms with E-state index in [-0.39, 0.29) is 30.1 Å². The number of piperidine rings is 1. The van der Waals surface area contributed by atoms with E-state index in [1.165, 1.54) is 13.5 Å². The number of imidazole rings is 1. The molecule has 3 aromatic rings. The molecule has 8 heteroatoms. The Morgan fingerprint density at radius 1 is 1.08 bits per heavy atom. The molecule has 8 nitrogen and oxygen atoms in total. The number of aryl methyl sites for hydroxylation is 1. The predicted octanol–water partition coefficient (Wildman–Crippen LogP) is 4.16. The molecule has 2 aliphatic rings. The molecule has 1 N–H and O–H groups in total. The number of likely N-dealkylation sites (tertiary alicyclic amines) is 1. The number of methoxy groups -OCH3 is 1. The number of aromatic nitrogens is 2. The zero-order valence-corrected chi connectivity index (χ0v) is 20.8. The van der Waals surface area contributed by atoms with Gasteiger partial charge in [0.15, 0.2) is 5.78 Å². The summed E-state index contributed by atoms with van der Waals surface area (Å²) < 4.78 is 6.98. The number of hydrogen-bond acceptors (Lipinski definition) is 5. The van der Waals surface area contributed by atoms with Crippen molar-refractivity contribution in [3.8, 4) is 0 Å². The van der Waals surface area contributed by atoms with Gasteiger partial charge >= 0.3 is 0 Å². The van der Waals surface area contributed by atoms with Crippen molar-refractivity contribution in [1.82, 2.24) is 14.5 Å². The van der Waals surface area contributed by atoms with Gasteiger partial charge in [-0.15, -0.1) is 0 Å². The number of hydrogen-bond donors (Lipinski definition) is 1. The Hall–Kier alpha value is -3.52. The van der Waals surface area contributed by atoms with E-state index < -0.39 is 0 Å². The molecule has 0 radical (unpaired) electrons. The van der Waals surface area contributed by atoms with Crippen LogP contribution in [0.15, 0.2) is 42.5 Å². The summed E-state index contributed by atoms with van der Waals surface area (Å²) in [6.07, 6.45) is 4.89. The van der Waals surface area contributed by atoms with E-state index in [9.17, 15) is 14.4 Å². The highest BCUT2D eigenvalue weighted by Gasteiger charge is 2.32. The molecule has 188 valence electrons. The first kappa shape index (κ1) is 24.2. The minimum absolute atomic E-state index is 0.0756. The minimum Gasteiger partial charge on any atom is -0.375 e. The summed E-state index contributed by atoms with van der Waals surface area (Å²) in [7, 11) is 3.42. The number of ketones is 1. The van der Waals surface area contributed by atoms with Gasteiger partial charge in [0.25, 0.3) is 5.91 Å². The molecule has 1 aliphatic heterocycles. The Bertz CT molecular complexity index is 1300. The van der Waals surface area contributed by atoms with Gasteiger partial charge in [-0.1, -0.05) is 36.8 Å². The molecule has 2 amide bonds. The van der Waals surface area contributed by atoms with Crippen LogP contribution in [0.25, 0.3) is 11.0 Å². The first-order chi connectivity index (χ1) is 17.5. The molecular weight excluding hydrogens is 456 g/mol. The van der Waals surface area contributed by atoms with E-state index in [4.69, 9.17) is 9.72 Å². The van der Waals surface area contributed by atoms with Crippen LogP contribution in [0.3, 0.4) is 0 Å². The molecule has 1 aliphatic carbocycles. The average Bonchev–Trinajstić information content (AvgIpc) is 3.17. The van der Waals surface area contributed by atoms with Crippen LogP contribution in [-0.2, 0) is 16.6 Å². The van der Waals surface area contributed by atoms with Crippen molar-refractivity contribution in [2.24, 2.45) is 13.0 Å². The summed E-state index contributed by atoms with van der Waals surface area (Å²) in [4.78, 5) is 45.9. The average molecular weight is 489 g/mol.